The van der Waals surface area contributed by atoms with Crippen molar-refractivity contribution in [1.82, 2.24) is 4.57 Å². The molecule has 5 nitrogen and oxygen atoms in total. The van der Waals surface area contributed by atoms with Crippen molar-refractivity contribution >= 4 is 22.5 Å². The van der Waals surface area contributed by atoms with Crippen LogP contribution in [0.2, 0.25) is 0 Å². The molecule has 0 atom stereocenters. The van der Waals surface area contributed by atoms with E-state index in [0.717, 1.165) is 11.1 Å². The number of aryl methyl sites for hydroxylation is 2. The first-order chi connectivity index (χ1) is 12.0. The van der Waals surface area contributed by atoms with Gasteiger partial charge in [0.2, 0.25) is 5.43 Å². The number of carbonyl (C=O) groups is 1. The Morgan fingerprint density at radius 1 is 1.20 bits per heavy atom. The van der Waals surface area contributed by atoms with Gasteiger partial charge in [0.05, 0.1) is 17.5 Å². The first-order valence-corrected chi connectivity index (χ1v) is 8.14. The van der Waals surface area contributed by atoms with Gasteiger partial charge in [-0.05, 0) is 49.7 Å². The van der Waals surface area contributed by atoms with Gasteiger partial charge in [-0.1, -0.05) is 12.1 Å². The van der Waals surface area contributed by atoms with E-state index in [2.05, 4.69) is 5.32 Å². The van der Waals surface area contributed by atoms with Crippen molar-refractivity contribution in [1.29, 1.82) is 0 Å². The third kappa shape index (κ3) is 3.40. The molecule has 0 radical (unpaired) electrons. The number of hydrogen-bond acceptors (Lipinski definition) is 3. The van der Waals surface area contributed by atoms with E-state index in [0.29, 0.717) is 23.4 Å². The SMILES string of the molecule is CCOc1ccc2c(c1)c(=O)c(C(=O)Nc1cccc(C)c1)cn2C. The van der Waals surface area contributed by atoms with Gasteiger partial charge in [0.25, 0.3) is 5.91 Å². The van der Waals surface area contributed by atoms with Gasteiger partial charge in [0.15, 0.2) is 0 Å². The van der Waals surface area contributed by atoms with Crippen molar-refractivity contribution in [3.8, 4) is 5.75 Å². The molecule has 0 unspecified atom stereocenters. The van der Waals surface area contributed by atoms with Crippen LogP contribution in [-0.2, 0) is 7.05 Å². The summed E-state index contributed by atoms with van der Waals surface area (Å²) in [5.74, 6) is 0.193. The Bertz CT molecular complexity index is 1010. The van der Waals surface area contributed by atoms with Crippen LogP contribution in [0.1, 0.15) is 22.8 Å². The number of pyridine rings is 1. The zero-order chi connectivity index (χ0) is 18.0. The lowest BCUT2D eigenvalue weighted by atomic mass is 10.1. The Morgan fingerprint density at radius 3 is 2.72 bits per heavy atom. The number of nitrogens with zero attached hydrogens (tertiary/aromatic N) is 1. The quantitative estimate of drug-likeness (QED) is 0.793. The van der Waals surface area contributed by atoms with Crippen molar-refractivity contribution in [2.45, 2.75) is 13.8 Å². The van der Waals surface area contributed by atoms with Crippen LogP contribution in [0.4, 0.5) is 5.69 Å². The minimum atomic E-state index is -0.421. The number of rotatable bonds is 4. The molecule has 0 saturated heterocycles. The molecule has 1 amide bonds. The number of fused-ring (bicyclic) bond motifs is 1. The number of hydrogen-bond donors (Lipinski definition) is 1. The van der Waals surface area contributed by atoms with E-state index in [-0.39, 0.29) is 11.0 Å². The maximum Gasteiger partial charge on any atom is 0.261 e. The normalized spacial score (nSPS) is 10.7. The molecule has 3 aromatic rings. The van der Waals surface area contributed by atoms with Gasteiger partial charge in [-0.15, -0.1) is 0 Å². The van der Waals surface area contributed by atoms with Crippen molar-refractivity contribution in [2.24, 2.45) is 7.05 Å². The highest BCUT2D eigenvalue weighted by atomic mass is 16.5. The van der Waals surface area contributed by atoms with Gasteiger partial charge in [0.1, 0.15) is 11.3 Å². The van der Waals surface area contributed by atoms with Gasteiger partial charge in [0, 0.05) is 18.9 Å². The molecule has 0 aliphatic heterocycles. The molecular weight excluding hydrogens is 316 g/mol. The van der Waals surface area contributed by atoms with Crippen LogP contribution in [0.25, 0.3) is 10.9 Å². The molecule has 1 aromatic heterocycles. The van der Waals surface area contributed by atoms with Gasteiger partial charge in [-0.2, -0.15) is 0 Å². The standard InChI is InChI=1S/C20H20N2O3/c1-4-25-15-8-9-18-16(11-15)19(23)17(12-22(18)3)20(24)21-14-7-5-6-13(2)10-14/h5-12H,4H2,1-3H3,(H,21,24). The molecule has 0 fully saturated rings. The van der Waals surface area contributed by atoms with E-state index in [1.54, 1.807) is 22.9 Å². The topological polar surface area (TPSA) is 60.3 Å². The highest BCUT2D eigenvalue weighted by Gasteiger charge is 2.15. The molecule has 0 spiro atoms. The maximum atomic E-state index is 12.8. The number of benzene rings is 2. The Morgan fingerprint density at radius 2 is 2.00 bits per heavy atom. The molecule has 1 N–H and O–H groups in total. The third-order valence-corrected chi connectivity index (χ3v) is 3.99. The molecule has 0 saturated carbocycles. The zero-order valence-corrected chi connectivity index (χ0v) is 14.5. The zero-order valence-electron chi connectivity index (χ0n) is 14.5. The average molecular weight is 336 g/mol. The molecular formula is C20H20N2O3. The summed E-state index contributed by atoms with van der Waals surface area (Å²) in [5, 5.41) is 3.25. The fraction of sp³-hybridized carbons (Fsp3) is 0.200. The molecule has 25 heavy (non-hydrogen) atoms. The molecule has 1 heterocycles. The second-order valence-corrected chi connectivity index (χ2v) is 5.92. The smallest absolute Gasteiger partial charge is 0.261 e. The van der Waals surface area contributed by atoms with Gasteiger partial charge < -0.3 is 14.6 Å². The number of amides is 1. The highest BCUT2D eigenvalue weighted by Crippen LogP contribution is 2.19. The summed E-state index contributed by atoms with van der Waals surface area (Å²) >= 11 is 0. The Hall–Kier alpha value is -3.08. The van der Waals surface area contributed by atoms with E-state index in [4.69, 9.17) is 4.74 Å². The number of ether oxygens (including phenoxy) is 1. The lowest BCUT2D eigenvalue weighted by molar-refractivity contribution is 0.102. The lowest BCUT2D eigenvalue weighted by Gasteiger charge is -2.11. The van der Waals surface area contributed by atoms with Crippen LogP contribution in [0.15, 0.2) is 53.5 Å². The van der Waals surface area contributed by atoms with Crippen LogP contribution in [0, 0.1) is 6.92 Å². The summed E-state index contributed by atoms with van der Waals surface area (Å²) < 4.78 is 7.24. The summed E-state index contributed by atoms with van der Waals surface area (Å²) in [5.41, 5.74) is 2.24. The number of anilines is 1. The molecule has 0 bridgehead atoms. The number of nitrogens with one attached hydrogen (secondary N) is 1. The number of carbonyl (C=O) groups excluding carboxylic acids is 1. The van der Waals surface area contributed by atoms with Crippen LogP contribution >= 0.6 is 0 Å². The van der Waals surface area contributed by atoms with Crippen LogP contribution in [0.5, 0.6) is 5.75 Å². The van der Waals surface area contributed by atoms with Crippen LogP contribution < -0.4 is 15.5 Å². The Kier molecular flexibility index (Phi) is 4.57. The predicted octanol–water partition coefficient (Wildman–Crippen LogP) is 3.50. The van der Waals surface area contributed by atoms with Gasteiger partial charge in [-0.3, -0.25) is 9.59 Å². The second kappa shape index (κ2) is 6.81. The highest BCUT2D eigenvalue weighted by molar-refractivity contribution is 6.05. The lowest BCUT2D eigenvalue weighted by Crippen LogP contribution is -2.23. The van der Waals surface area contributed by atoms with E-state index < -0.39 is 5.91 Å². The monoisotopic (exact) mass is 336 g/mol. The summed E-state index contributed by atoms with van der Waals surface area (Å²) in [6, 6.07) is 12.8. The Balaban J connectivity index is 2.05. The molecule has 0 aliphatic rings. The minimum Gasteiger partial charge on any atom is -0.494 e. The van der Waals surface area contributed by atoms with Crippen molar-refractivity contribution in [3.05, 3.63) is 70.0 Å². The molecule has 3 rings (SSSR count). The fourth-order valence-corrected chi connectivity index (χ4v) is 2.81. The summed E-state index contributed by atoms with van der Waals surface area (Å²) in [6.07, 6.45) is 1.57. The summed E-state index contributed by atoms with van der Waals surface area (Å²) in [7, 11) is 1.81. The molecule has 2 aromatic carbocycles. The number of aromatic nitrogens is 1. The summed E-state index contributed by atoms with van der Waals surface area (Å²) in [4.78, 5) is 25.4. The minimum absolute atomic E-state index is 0.102. The largest absolute Gasteiger partial charge is 0.494 e. The Labute approximate surface area is 145 Å². The van der Waals surface area contributed by atoms with Crippen LogP contribution in [0.3, 0.4) is 0 Å². The van der Waals surface area contributed by atoms with E-state index >= 15 is 0 Å². The predicted molar refractivity (Wildman–Crippen MR) is 99.5 cm³/mol. The summed E-state index contributed by atoms with van der Waals surface area (Å²) in [6.45, 7) is 4.34. The third-order valence-electron chi connectivity index (χ3n) is 3.99. The molecule has 0 aliphatic carbocycles. The molecule has 5 heteroatoms. The van der Waals surface area contributed by atoms with Crippen LogP contribution in [-0.4, -0.2) is 17.1 Å². The fourth-order valence-electron chi connectivity index (χ4n) is 2.81. The van der Waals surface area contributed by atoms with E-state index in [1.807, 2.05) is 51.2 Å². The van der Waals surface area contributed by atoms with E-state index in [1.165, 1.54) is 0 Å². The average Bonchev–Trinajstić information content (AvgIpc) is 2.58. The van der Waals surface area contributed by atoms with Crippen molar-refractivity contribution in [3.63, 3.8) is 0 Å². The van der Waals surface area contributed by atoms with Gasteiger partial charge in [-0.25, -0.2) is 0 Å². The van der Waals surface area contributed by atoms with E-state index in [9.17, 15) is 9.59 Å². The second-order valence-electron chi connectivity index (χ2n) is 5.92. The van der Waals surface area contributed by atoms with Crippen molar-refractivity contribution < 1.29 is 9.53 Å². The maximum absolute atomic E-state index is 12.8. The first kappa shape index (κ1) is 16.8. The van der Waals surface area contributed by atoms with Gasteiger partial charge >= 0.3 is 0 Å². The van der Waals surface area contributed by atoms with Crippen molar-refractivity contribution in [2.75, 3.05) is 11.9 Å². The first-order valence-electron chi connectivity index (χ1n) is 8.14. The molecule has 128 valence electrons.